The van der Waals surface area contributed by atoms with Crippen LogP contribution in [0.4, 0.5) is 0 Å². The van der Waals surface area contributed by atoms with Gasteiger partial charge in [0.2, 0.25) is 0 Å². The number of hydrogen-bond acceptors (Lipinski definition) is 11. The number of unbranched alkanes of at least 4 members (excludes halogenated alkanes) is 33. The van der Waals surface area contributed by atoms with Crippen molar-refractivity contribution in [3.63, 3.8) is 0 Å². The van der Waals surface area contributed by atoms with Crippen molar-refractivity contribution in [3.8, 4) is 0 Å². The van der Waals surface area contributed by atoms with Gasteiger partial charge in [0.05, 0.1) is 6.61 Å². The van der Waals surface area contributed by atoms with E-state index < -0.39 is 67.3 Å². The lowest BCUT2D eigenvalue weighted by Gasteiger charge is -2.40. The van der Waals surface area contributed by atoms with Gasteiger partial charge in [-0.2, -0.15) is 0 Å². The van der Waals surface area contributed by atoms with E-state index in [2.05, 4.69) is 81.5 Å². The average molecular weight is 1140 g/mol. The van der Waals surface area contributed by atoms with E-state index in [0.29, 0.717) is 19.3 Å². The summed E-state index contributed by atoms with van der Waals surface area (Å²) in [6.45, 7) is 5.96. The summed E-state index contributed by atoms with van der Waals surface area (Å²) in [5.74, 6) is -3.13. The molecule has 0 aromatic rings. The number of rotatable bonds is 57. The minimum atomic E-state index is -1.91. The standard InChI is InChI=1S/C69H120O12/c1-4-7-10-13-16-19-22-25-28-30-31-33-35-37-40-43-46-49-52-55-61(70)77-58-60(79-62(71)56-53-50-47-44-41-38-34-27-24-21-18-15-12-9-6-3)59-78-69-67(65(74)64(73)66(81-69)68(75)76)80-63(72)57-54-51-48-45-42-39-36-32-29-26-23-20-17-14-11-8-5-2/h16,18-19,21,25-29,34,60,64-67,69,73-74H,4-15,17,20,22-24,30-33,35-59H2,1-3H3,(H,75,76)/b19-16-,21-18-,28-25-,29-26-,34-27-. The van der Waals surface area contributed by atoms with Crippen molar-refractivity contribution in [3.05, 3.63) is 60.8 Å². The van der Waals surface area contributed by atoms with Gasteiger partial charge in [-0.1, -0.05) is 236 Å². The number of carbonyl (C=O) groups excluding carboxylic acids is 3. The number of esters is 3. The summed E-state index contributed by atoms with van der Waals surface area (Å²) in [4.78, 5) is 51.4. The molecule has 1 saturated heterocycles. The predicted octanol–water partition coefficient (Wildman–Crippen LogP) is 17.9. The zero-order valence-corrected chi connectivity index (χ0v) is 51.8. The Morgan fingerprint density at radius 3 is 1.15 bits per heavy atom. The molecule has 1 aliphatic rings. The zero-order chi connectivity index (χ0) is 58.9. The van der Waals surface area contributed by atoms with Crippen LogP contribution in [0.3, 0.4) is 0 Å². The highest BCUT2D eigenvalue weighted by molar-refractivity contribution is 5.74. The van der Waals surface area contributed by atoms with E-state index in [4.69, 9.17) is 23.7 Å². The van der Waals surface area contributed by atoms with E-state index in [0.717, 1.165) is 109 Å². The van der Waals surface area contributed by atoms with Crippen molar-refractivity contribution < 1.29 is 58.2 Å². The molecule has 0 radical (unpaired) electrons. The maximum absolute atomic E-state index is 13.2. The first kappa shape index (κ1) is 75.4. The first-order valence-electron chi connectivity index (χ1n) is 33.3. The Labute approximate surface area is 494 Å². The van der Waals surface area contributed by atoms with Crippen LogP contribution in [0.1, 0.15) is 303 Å². The first-order chi connectivity index (χ1) is 39.6. The minimum Gasteiger partial charge on any atom is -0.479 e. The molecular formula is C69H120O12. The molecule has 0 aromatic heterocycles. The van der Waals surface area contributed by atoms with E-state index in [1.807, 2.05) is 0 Å². The van der Waals surface area contributed by atoms with E-state index in [9.17, 15) is 34.5 Å². The summed E-state index contributed by atoms with van der Waals surface area (Å²) in [5, 5.41) is 31.6. The lowest BCUT2D eigenvalue weighted by Crippen LogP contribution is -2.61. The van der Waals surface area contributed by atoms with Crippen LogP contribution in [0.25, 0.3) is 0 Å². The second kappa shape index (κ2) is 56.9. The van der Waals surface area contributed by atoms with Gasteiger partial charge in [0.15, 0.2) is 24.6 Å². The highest BCUT2D eigenvalue weighted by Gasteiger charge is 2.50. The normalized spacial score (nSPS) is 18.1. The molecule has 81 heavy (non-hydrogen) atoms. The van der Waals surface area contributed by atoms with Crippen LogP contribution < -0.4 is 0 Å². The summed E-state index contributed by atoms with van der Waals surface area (Å²) in [6.07, 6.45) is 58.8. The maximum Gasteiger partial charge on any atom is 0.335 e. The number of aliphatic hydroxyl groups is 2. The Bertz CT molecular complexity index is 1640. The van der Waals surface area contributed by atoms with Gasteiger partial charge in [-0.25, -0.2) is 4.79 Å². The quantitative estimate of drug-likeness (QED) is 0.0228. The van der Waals surface area contributed by atoms with E-state index in [1.165, 1.54) is 135 Å². The molecule has 0 aliphatic carbocycles. The van der Waals surface area contributed by atoms with Crippen LogP contribution in [0.2, 0.25) is 0 Å². The van der Waals surface area contributed by atoms with Gasteiger partial charge in [-0.15, -0.1) is 0 Å². The molecule has 3 N–H and O–H groups in total. The Morgan fingerprint density at radius 2 is 0.741 bits per heavy atom. The fraction of sp³-hybridized carbons (Fsp3) is 0.797. The molecule has 12 heteroatoms. The van der Waals surface area contributed by atoms with Gasteiger partial charge in [0.25, 0.3) is 0 Å². The number of allylic oxidation sites excluding steroid dienone is 10. The van der Waals surface area contributed by atoms with E-state index in [-0.39, 0.29) is 25.9 Å². The second-order valence-corrected chi connectivity index (χ2v) is 22.7. The van der Waals surface area contributed by atoms with Crippen molar-refractivity contribution in [1.29, 1.82) is 0 Å². The highest BCUT2D eigenvalue weighted by Crippen LogP contribution is 2.27. The number of ether oxygens (including phenoxy) is 5. The molecule has 6 atom stereocenters. The zero-order valence-electron chi connectivity index (χ0n) is 51.8. The number of carbonyl (C=O) groups is 4. The lowest BCUT2D eigenvalue weighted by molar-refractivity contribution is -0.301. The van der Waals surface area contributed by atoms with Gasteiger partial charge in [-0.05, 0) is 109 Å². The molecule has 1 heterocycles. The highest BCUT2D eigenvalue weighted by atomic mass is 16.7. The molecule has 12 nitrogen and oxygen atoms in total. The van der Waals surface area contributed by atoms with Crippen molar-refractivity contribution in [2.24, 2.45) is 0 Å². The molecule has 1 rings (SSSR count). The Balaban J connectivity index is 2.65. The fourth-order valence-corrected chi connectivity index (χ4v) is 9.89. The molecule has 0 saturated carbocycles. The van der Waals surface area contributed by atoms with Crippen LogP contribution in [0.15, 0.2) is 60.8 Å². The molecule has 468 valence electrons. The summed E-state index contributed by atoms with van der Waals surface area (Å²) >= 11 is 0. The molecule has 1 aliphatic heterocycles. The van der Waals surface area contributed by atoms with Crippen LogP contribution in [0.5, 0.6) is 0 Å². The topological polar surface area (TPSA) is 175 Å². The molecule has 1 fully saturated rings. The minimum absolute atomic E-state index is 0.0540. The number of aliphatic hydroxyl groups excluding tert-OH is 2. The van der Waals surface area contributed by atoms with Crippen LogP contribution >= 0.6 is 0 Å². The van der Waals surface area contributed by atoms with Gasteiger partial charge in [0.1, 0.15) is 18.8 Å². The van der Waals surface area contributed by atoms with Crippen LogP contribution in [-0.4, -0.2) is 89.2 Å². The number of hydrogen-bond donors (Lipinski definition) is 3. The molecule has 0 bridgehead atoms. The molecule has 0 aromatic carbocycles. The Morgan fingerprint density at radius 1 is 0.407 bits per heavy atom. The van der Waals surface area contributed by atoms with Crippen LogP contribution in [-0.2, 0) is 42.9 Å². The summed E-state index contributed by atoms with van der Waals surface area (Å²) in [7, 11) is 0. The monoisotopic (exact) mass is 1140 g/mol. The first-order valence-corrected chi connectivity index (χ1v) is 33.3. The summed E-state index contributed by atoms with van der Waals surface area (Å²) in [6, 6.07) is 0. The maximum atomic E-state index is 13.2. The SMILES string of the molecule is CCCCC/C=C\C/C=C\CCCCCCCCCCCC(=O)OCC(COC1OC(C(=O)O)C(O)C(O)C1OC(=O)CCCCCCCCC/C=C\CCCCCCCC)OC(=O)CCCCCCC/C=C\C/C=C\CCCCC. The third kappa shape index (κ3) is 46.5. The predicted molar refractivity (Wildman–Crippen MR) is 331 cm³/mol. The Kier molecular flexibility index (Phi) is 53.0. The van der Waals surface area contributed by atoms with Crippen molar-refractivity contribution in [2.75, 3.05) is 13.2 Å². The molecule has 0 spiro atoms. The molecular weight excluding hydrogens is 1020 g/mol. The number of aliphatic carboxylic acids is 1. The fourth-order valence-electron chi connectivity index (χ4n) is 9.89. The molecule has 6 unspecified atom stereocenters. The van der Waals surface area contributed by atoms with Gasteiger partial charge >= 0.3 is 23.9 Å². The van der Waals surface area contributed by atoms with E-state index in [1.54, 1.807) is 0 Å². The lowest BCUT2D eigenvalue weighted by atomic mass is 9.98. The largest absolute Gasteiger partial charge is 0.479 e. The number of carboxylic acid groups (broad SMARTS) is 1. The summed E-state index contributed by atoms with van der Waals surface area (Å²) in [5.41, 5.74) is 0. The Hall–Kier alpha value is -3.58. The number of carboxylic acids is 1. The smallest absolute Gasteiger partial charge is 0.335 e. The van der Waals surface area contributed by atoms with Crippen molar-refractivity contribution in [1.82, 2.24) is 0 Å². The second-order valence-electron chi connectivity index (χ2n) is 22.7. The average Bonchev–Trinajstić information content (AvgIpc) is 3.53. The van der Waals surface area contributed by atoms with Crippen molar-refractivity contribution >= 4 is 23.9 Å². The van der Waals surface area contributed by atoms with Gasteiger partial charge in [0, 0.05) is 19.3 Å². The van der Waals surface area contributed by atoms with Gasteiger partial charge < -0.3 is 39.0 Å². The third-order valence-corrected chi connectivity index (χ3v) is 15.0. The molecule has 0 amide bonds. The van der Waals surface area contributed by atoms with E-state index >= 15 is 0 Å². The third-order valence-electron chi connectivity index (χ3n) is 15.0. The van der Waals surface area contributed by atoms with Crippen molar-refractivity contribution in [2.45, 2.75) is 340 Å². The van der Waals surface area contributed by atoms with Gasteiger partial charge in [-0.3, -0.25) is 14.4 Å². The summed E-state index contributed by atoms with van der Waals surface area (Å²) < 4.78 is 28.5. The van der Waals surface area contributed by atoms with Crippen LogP contribution in [0, 0.1) is 0 Å².